The first-order chi connectivity index (χ1) is 10.7. The van der Waals surface area contributed by atoms with Gasteiger partial charge >= 0.3 is 0 Å². The summed E-state index contributed by atoms with van der Waals surface area (Å²) >= 11 is 0. The van der Waals surface area contributed by atoms with Gasteiger partial charge < -0.3 is 14.2 Å². The summed E-state index contributed by atoms with van der Waals surface area (Å²) in [7, 11) is 1.61. The summed E-state index contributed by atoms with van der Waals surface area (Å²) in [6, 6.07) is 12.7. The average molecular weight is 296 g/mol. The van der Waals surface area contributed by atoms with Crippen molar-refractivity contribution in [2.24, 2.45) is 0 Å². The second-order valence-corrected chi connectivity index (χ2v) is 4.81. The average Bonchev–Trinajstić information content (AvgIpc) is 2.83. The number of Topliss-reactive ketones (excluding diaryl/α,β-unsaturated/α-hetero) is 1. The van der Waals surface area contributed by atoms with Crippen LogP contribution in [0.25, 0.3) is 6.08 Å². The highest BCUT2D eigenvalue weighted by molar-refractivity contribution is 6.14. The second-order valence-electron chi connectivity index (χ2n) is 4.81. The lowest BCUT2D eigenvalue weighted by Gasteiger charge is -2.04. The summed E-state index contributed by atoms with van der Waals surface area (Å²) in [4.78, 5) is 12.4. The van der Waals surface area contributed by atoms with Crippen molar-refractivity contribution in [3.8, 4) is 17.2 Å². The number of ketones is 1. The lowest BCUT2D eigenvalue weighted by molar-refractivity contribution is 0.101. The molecule has 0 amide bonds. The van der Waals surface area contributed by atoms with Crippen molar-refractivity contribution >= 4 is 11.9 Å². The minimum absolute atomic E-state index is 0.124. The second kappa shape index (κ2) is 5.93. The van der Waals surface area contributed by atoms with Crippen molar-refractivity contribution in [3.05, 3.63) is 59.4 Å². The molecule has 0 bridgehead atoms. The summed E-state index contributed by atoms with van der Waals surface area (Å²) in [5.41, 5.74) is 1.40. The number of carbonyl (C=O) groups is 1. The van der Waals surface area contributed by atoms with Crippen LogP contribution in [0, 0.1) is 0 Å². The van der Waals surface area contributed by atoms with Crippen molar-refractivity contribution < 1.29 is 19.0 Å². The van der Waals surface area contributed by atoms with Gasteiger partial charge in [0.05, 0.1) is 19.3 Å². The van der Waals surface area contributed by atoms with Crippen molar-refractivity contribution in [1.82, 2.24) is 0 Å². The Morgan fingerprint density at radius 3 is 2.77 bits per heavy atom. The van der Waals surface area contributed by atoms with Crippen LogP contribution >= 0.6 is 0 Å². The van der Waals surface area contributed by atoms with E-state index in [1.165, 1.54) is 0 Å². The topological polar surface area (TPSA) is 44.8 Å². The molecule has 3 rings (SSSR count). The summed E-state index contributed by atoms with van der Waals surface area (Å²) in [5.74, 6) is 2.13. The van der Waals surface area contributed by atoms with Crippen LogP contribution in [0.15, 0.2) is 48.2 Å². The fraction of sp³-hybridized carbons (Fsp3) is 0.167. The molecule has 1 aliphatic heterocycles. The molecule has 112 valence electrons. The summed E-state index contributed by atoms with van der Waals surface area (Å²) < 4.78 is 16.3. The zero-order chi connectivity index (χ0) is 15.5. The lowest BCUT2D eigenvalue weighted by Crippen LogP contribution is -1.98. The fourth-order valence-corrected chi connectivity index (χ4v) is 2.31. The van der Waals surface area contributed by atoms with Gasteiger partial charge in [-0.1, -0.05) is 12.1 Å². The molecule has 0 spiro atoms. The zero-order valence-corrected chi connectivity index (χ0v) is 12.5. The van der Waals surface area contributed by atoms with Crippen LogP contribution in [-0.2, 0) is 0 Å². The van der Waals surface area contributed by atoms with E-state index in [0.717, 1.165) is 11.3 Å². The number of benzene rings is 2. The van der Waals surface area contributed by atoms with Gasteiger partial charge in [-0.05, 0) is 42.8 Å². The van der Waals surface area contributed by atoms with Gasteiger partial charge in [-0.15, -0.1) is 0 Å². The van der Waals surface area contributed by atoms with Crippen LogP contribution in [0.2, 0.25) is 0 Å². The summed E-state index contributed by atoms with van der Waals surface area (Å²) in [5, 5.41) is 0. The molecule has 4 nitrogen and oxygen atoms in total. The van der Waals surface area contributed by atoms with Gasteiger partial charge in [-0.2, -0.15) is 0 Å². The summed E-state index contributed by atoms with van der Waals surface area (Å²) in [6.07, 6.45) is 1.71. The standard InChI is InChI=1S/C18H16O4/c1-3-21-14-7-8-15-16(11-14)22-17(18(15)19)10-12-5-4-6-13(9-12)20-2/h4-11H,3H2,1-2H3/b17-10+. The maximum atomic E-state index is 12.4. The third-order valence-electron chi connectivity index (χ3n) is 3.34. The van der Waals surface area contributed by atoms with Crippen LogP contribution < -0.4 is 14.2 Å². The van der Waals surface area contributed by atoms with Gasteiger partial charge in [0, 0.05) is 6.07 Å². The number of hydrogen-bond donors (Lipinski definition) is 0. The molecule has 4 heteroatoms. The van der Waals surface area contributed by atoms with Gasteiger partial charge in [0.25, 0.3) is 0 Å². The van der Waals surface area contributed by atoms with Gasteiger partial charge in [-0.3, -0.25) is 4.79 Å². The van der Waals surface area contributed by atoms with E-state index < -0.39 is 0 Å². The molecule has 1 heterocycles. The molecule has 2 aromatic rings. The Morgan fingerprint density at radius 2 is 2.00 bits per heavy atom. The van der Waals surface area contributed by atoms with Crippen molar-refractivity contribution in [1.29, 1.82) is 0 Å². The number of carbonyl (C=O) groups excluding carboxylic acids is 1. The fourth-order valence-electron chi connectivity index (χ4n) is 2.31. The minimum atomic E-state index is -0.124. The third kappa shape index (κ3) is 2.68. The molecule has 0 saturated heterocycles. The highest BCUT2D eigenvalue weighted by atomic mass is 16.5. The largest absolute Gasteiger partial charge is 0.497 e. The van der Waals surface area contributed by atoms with Crippen molar-refractivity contribution in [3.63, 3.8) is 0 Å². The highest BCUT2D eigenvalue weighted by Gasteiger charge is 2.27. The van der Waals surface area contributed by atoms with Gasteiger partial charge in [0.1, 0.15) is 17.2 Å². The molecule has 22 heavy (non-hydrogen) atoms. The molecule has 0 aromatic heterocycles. The van der Waals surface area contributed by atoms with E-state index in [1.807, 2.05) is 31.2 Å². The quantitative estimate of drug-likeness (QED) is 0.807. The van der Waals surface area contributed by atoms with Crippen molar-refractivity contribution in [2.75, 3.05) is 13.7 Å². The van der Waals surface area contributed by atoms with E-state index in [9.17, 15) is 4.79 Å². The smallest absolute Gasteiger partial charge is 0.231 e. The number of allylic oxidation sites excluding steroid dienone is 1. The Kier molecular flexibility index (Phi) is 3.83. The summed E-state index contributed by atoms with van der Waals surface area (Å²) in [6.45, 7) is 2.48. The number of hydrogen-bond acceptors (Lipinski definition) is 4. The Labute approximate surface area is 128 Å². The molecular formula is C18H16O4. The number of methoxy groups -OCH3 is 1. The van der Waals surface area contributed by atoms with Crippen molar-refractivity contribution in [2.45, 2.75) is 6.92 Å². The van der Waals surface area contributed by atoms with Crippen LogP contribution in [0.5, 0.6) is 17.2 Å². The maximum absolute atomic E-state index is 12.4. The van der Waals surface area contributed by atoms with Gasteiger partial charge in [0.2, 0.25) is 5.78 Å². The van der Waals surface area contributed by atoms with Gasteiger partial charge in [0.15, 0.2) is 5.76 Å². The molecule has 0 atom stereocenters. The Hall–Kier alpha value is -2.75. The number of rotatable bonds is 4. The lowest BCUT2D eigenvalue weighted by atomic mass is 10.1. The maximum Gasteiger partial charge on any atom is 0.231 e. The minimum Gasteiger partial charge on any atom is -0.497 e. The van der Waals surface area contributed by atoms with Crippen LogP contribution in [0.3, 0.4) is 0 Å². The third-order valence-corrected chi connectivity index (χ3v) is 3.34. The first-order valence-corrected chi connectivity index (χ1v) is 7.06. The first-order valence-electron chi connectivity index (χ1n) is 7.06. The van der Waals surface area contributed by atoms with E-state index in [0.29, 0.717) is 29.4 Å². The molecule has 0 radical (unpaired) electrons. The van der Waals surface area contributed by atoms with Crippen LogP contribution in [0.4, 0.5) is 0 Å². The molecule has 0 unspecified atom stereocenters. The van der Waals surface area contributed by atoms with Crippen LogP contribution in [-0.4, -0.2) is 19.5 Å². The van der Waals surface area contributed by atoms with Crippen LogP contribution in [0.1, 0.15) is 22.8 Å². The predicted octanol–water partition coefficient (Wildman–Crippen LogP) is 3.71. The van der Waals surface area contributed by atoms with E-state index in [4.69, 9.17) is 14.2 Å². The Bertz CT molecular complexity index is 747. The molecule has 0 saturated carbocycles. The first kappa shape index (κ1) is 14.2. The predicted molar refractivity (Wildman–Crippen MR) is 83.5 cm³/mol. The molecule has 0 fully saturated rings. The van der Waals surface area contributed by atoms with E-state index in [-0.39, 0.29) is 5.78 Å². The molecule has 2 aromatic carbocycles. The number of fused-ring (bicyclic) bond motifs is 1. The molecule has 1 aliphatic rings. The van der Waals surface area contributed by atoms with E-state index in [1.54, 1.807) is 31.4 Å². The Morgan fingerprint density at radius 1 is 1.14 bits per heavy atom. The highest BCUT2D eigenvalue weighted by Crippen LogP contribution is 2.35. The normalized spacial score (nSPS) is 14.6. The monoisotopic (exact) mass is 296 g/mol. The SMILES string of the molecule is CCOc1ccc2c(c1)O/C(=C/c1cccc(OC)c1)C2=O. The molecular weight excluding hydrogens is 280 g/mol. The zero-order valence-electron chi connectivity index (χ0n) is 12.5. The number of ether oxygens (including phenoxy) is 3. The molecule has 0 N–H and O–H groups in total. The van der Waals surface area contributed by atoms with E-state index in [2.05, 4.69) is 0 Å². The Balaban J connectivity index is 1.90. The van der Waals surface area contributed by atoms with Gasteiger partial charge in [-0.25, -0.2) is 0 Å². The molecule has 0 aliphatic carbocycles. The van der Waals surface area contributed by atoms with E-state index >= 15 is 0 Å².